The Hall–Kier alpha value is -1.06. The molecule has 2 fully saturated rings. The van der Waals surface area contributed by atoms with E-state index in [2.05, 4.69) is 5.32 Å². The standard InChI is InChI=1S/C16H17Cl2NO2/c1-15(2)9-6-7-16(8-9,13(15)20)14(21)19-11-5-3-4-10(17)12(11)18/h3-5,9H,6-8H2,1-2H3,(H,19,21)/t9-,16-/m1/s1. The van der Waals surface area contributed by atoms with Crippen LogP contribution in [0.5, 0.6) is 0 Å². The Morgan fingerprint density at radius 2 is 2.05 bits per heavy atom. The average Bonchev–Trinajstić information content (AvgIpc) is 2.96. The zero-order valence-corrected chi connectivity index (χ0v) is 13.5. The number of anilines is 1. The number of hydrogen-bond donors (Lipinski definition) is 1. The first-order chi connectivity index (χ1) is 9.79. The van der Waals surface area contributed by atoms with E-state index < -0.39 is 10.8 Å². The molecule has 1 amide bonds. The Morgan fingerprint density at radius 1 is 1.33 bits per heavy atom. The first-order valence-electron chi connectivity index (χ1n) is 7.09. The van der Waals surface area contributed by atoms with Crippen molar-refractivity contribution in [3.05, 3.63) is 28.2 Å². The molecule has 0 saturated heterocycles. The number of benzene rings is 1. The number of halogens is 2. The lowest BCUT2D eigenvalue weighted by molar-refractivity contribution is -0.142. The van der Waals surface area contributed by atoms with Gasteiger partial charge in [0.1, 0.15) is 5.41 Å². The second-order valence-corrected chi connectivity index (χ2v) is 7.41. The molecule has 1 N–H and O–H groups in total. The van der Waals surface area contributed by atoms with Crippen molar-refractivity contribution in [3.8, 4) is 0 Å². The maximum Gasteiger partial charge on any atom is 0.238 e. The van der Waals surface area contributed by atoms with Crippen LogP contribution in [0.4, 0.5) is 5.69 Å². The lowest BCUT2D eigenvalue weighted by Crippen LogP contribution is -2.44. The van der Waals surface area contributed by atoms with Crippen molar-refractivity contribution < 1.29 is 9.59 Å². The van der Waals surface area contributed by atoms with Crippen LogP contribution >= 0.6 is 23.2 Å². The van der Waals surface area contributed by atoms with Gasteiger partial charge in [-0.25, -0.2) is 0 Å². The van der Waals surface area contributed by atoms with Crippen molar-refractivity contribution in [1.29, 1.82) is 0 Å². The minimum Gasteiger partial charge on any atom is -0.324 e. The van der Waals surface area contributed by atoms with Gasteiger partial charge in [-0.3, -0.25) is 9.59 Å². The molecule has 5 heteroatoms. The number of hydrogen-bond acceptors (Lipinski definition) is 2. The molecule has 2 bridgehead atoms. The number of carbonyl (C=O) groups is 2. The summed E-state index contributed by atoms with van der Waals surface area (Å²) in [5.41, 5.74) is -0.836. The molecular formula is C16H17Cl2NO2. The summed E-state index contributed by atoms with van der Waals surface area (Å²) in [5, 5.41) is 3.50. The summed E-state index contributed by atoms with van der Waals surface area (Å²) in [4.78, 5) is 25.4. The van der Waals surface area contributed by atoms with Crippen LogP contribution in [0.25, 0.3) is 0 Å². The van der Waals surface area contributed by atoms with Gasteiger partial charge in [-0.2, -0.15) is 0 Å². The van der Waals surface area contributed by atoms with Gasteiger partial charge in [0.05, 0.1) is 15.7 Å². The number of amides is 1. The molecule has 112 valence electrons. The SMILES string of the molecule is CC1(C)C(=O)[C@@]2(C(=O)Nc3cccc(Cl)c3Cl)CC[C@@H]1C2. The van der Waals surface area contributed by atoms with Crippen LogP contribution in [-0.4, -0.2) is 11.7 Å². The number of rotatable bonds is 2. The molecular weight excluding hydrogens is 309 g/mol. The van der Waals surface area contributed by atoms with Crippen LogP contribution in [-0.2, 0) is 9.59 Å². The zero-order chi connectivity index (χ0) is 15.4. The van der Waals surface area contributed by atoms with E-state index in [0.29, 0.717) is 34.5 Å². The monoisotopic (exact) mass is 325 g/mol. The Bertz CT molecular complexity index is 641. The number of fused-ring (bicyclic) bond motifs is 2. The van der Waals surface area contributed by atoms with E-state index in [0.717, 1.165) is 6.42 Å². The van der Waals surface area contributed by atoms with Crippen molar-refractivity contribution in [1.82, 2.24) is 0 Å². The van der Waals surface area contributed by atoms with E-state index in [1.807, 2.05) is 13.8 Å². The van der Waals surface area contributed by atoms with E-state index >= 15 is 0 Å². The van der Waals surface area contributed by atoms with Crippen LogP contribution in [0.3, 0.4) is 0 Å². The second-order valence-electron chi connectivity index (χ2n) is 6.63. The molecule has 0 unspecified atom stereocenters. The third kappa shape index (κ3) is 2.01. The minimum absolute atomic E-state index is 0.0573. The average molecular weight is 326 g/mol. The van der Waals surface area contributed by atoms with Crippen LogP contribution in [0.1, 0.15) is 33.1 Å². The summed E-state index contributed by atoms with van der Waals surface area (Å²) in [5.74, 6) is 0.109. The summed E-state index contributed by atoms with van der Waals surface area (Å²) in [6.45, 7) is 3.89. The molecule has 1 aromatic carbocycles. The van der Waals surface area contributed by atoms with Gasteiger partial charge in [-0.1, -0.05) is 43.1 Å². The van der Waals surface area contributed by atoms with E-state index in [4.69, 9.17) is 23.2 Å². The maximum absolute atomic E-state index is 12.7. The topological polar surface area (TPSA) is 46.2 Å². The summed E-state index contributed by atoms with van der Waals surface area (Å²) < 4.78 is 0. The van der Waals surface area contributed by atoms with Crippen LogP contribution < -0.4 is 5.32 Å². The molecule has 2 aliphatic carbocycles. The molecule has 0 radical (unpaired) electrons. The number of ketones is 1. The van der Waals surface area contributed by atoms with Crippen LogP contribution in [0.2, 0.25) is 10.0 Å². The third-order valence-electron chi connectivity index (χ3n) is 5.19. The largest absolute Gasteiger partial charge is 0.324 e. The Kier molecular flexibility index (Phi) is 3.34. The van der Waals surface area contributed by atoms with Gasteiger partial charge in [0, 0.05) is 5.41 Å². The lowest BCUT2D eigenvalue weighted by Gasteiger charge is -2.32. The fourth-order valence-electron chi connectivity index (χ4n) is 3.82. The number of nitrogens with one attached hydrogen (secondary N) is 1. The normalized spacial score (nSPS) is 29.7. The molecule has 0 heterocycles. The highest BCUT2D eigenvalue weighted by Crippen LogP contribution is 2.60. The highest BCUT2D eigenvalue weighted by molar-refractivity contribution is 6.44. The fourth-order valence-corrected chi connectivity index (χ4v) is 4.17. The predicted molar refractivity (Wildman–Crippen MR) is 83.7 cm³/mol. The molecule has 0 aromatic heterocycles. The third-order valence-corrected chi connectivity index (χ3v) is 6.01. The molecule has 2 saturated carbocycles. The lowest BCUT2D eigenvalue weighted by atomic mass is 9.70. The molecule has 0 aliphatic heterocycles. The highest BCUT2D eigenvalue weighted by atomic mass is 35.5. The second kappa shape index (κ2) is 4.72. The smallest absolute Gasteiger partial charge is 0.238 e. The fraction of sp³-hybridized carbons (Fsp3) is 0.500. The van der Waals surface area contributed by atoms with Gasteiger partial charge in [-0.15, -0.1) is 0 Å². The van der Waals surface area contributed by atoms with Crippen molar-refractivity contribution in [2.75, 3.05) is 5.32 Å². The summed E-state index contributed by atoms with van der Waals surface area (Å²) >= 11 is 12.1. The maximum atomic E-state index is 12.7. The Morgan fingerprint density at radius 3 is 2.67 bits per heavy atom. The van der Waals surface area contributed by atoms with Crippen molar-refractivity contribution in [3.63, 3.8) is 0 Å². The van der Waals surface area contributed by atoms with Crippen molar-refractivity contribution >= 4 is 40.6 Å². The van der Waals surface area contributed by atoms with Crippen LogP contribution in [0.15, 0.2) is 18.2 Å². The quantitative estimate of drug-likeness (QED) is 0.823. The van der Waals surface area contributed by atoms with E-state index in [-0.39, 0.29) is 11.7 Å². The Labute approximate surface area is 134 Å². The van der Waals surface area contributed by atoms with Crippen molar-refractivity contribution in [2.45, 2.75) is 33.1 Å². The summed E-state index contributed by atoms with van der Waals surface area (Å²) in [6, 6.07) is 5.08. The van der Waals surface area contributed by atoms with E-state index in [9.17, 15) is 9.59 Å². The molecule has 0 spiro atoms. The highest BCUT2D eigenvalue weighted by Gasteiger charge is 2.65. The molecule has 3 rings (SSSR count). The molecule has 1 aromatic rings. The van der Waals surface area contributed by atoms with Gasteiger partial charge in [0.15, 0.2) is 5.78 Å². The molecule has 2 aliphatic rings. The van der Waals surface area contributed by atoms with E-state index in [1.54, 1.807) is 18.2 Å². The van der Waals surface area contributed by atoms with Gasteiger partial charge >= 0.3 is 0 Å². The number of carbonyl (C=O) groups excluding carboxylic acids is 2. The van der Waals surface area contributed by atoms with Crippen molar-refractivity contribution in [2.24, 2.45) is 16.7 Å². The first kappa shape index (κ1) is 14.9. The first-order valence-corrected chi connectivity index (χ1v) is 7.85. The van der Waals surface area contributed by atoms with Gasteiger partial charge < -0.3 is 5.32 Å². The molecule has 3 nitrogen and oxygen atoms in total. The van der Waals surface area contributed by atoms with Gasteiger partial charge in [-0.05, 0) is 37.3 Å². The van der Waals surface area contributed by atoms with Gasteiger partial charge in [0.25, 0.3) is 0 Å². The number of Topliss-reactive ketones (excluding diaryl/α,β-unsaturated/α-hetero) is 1. The minimum atomic E-state index is -0.889. The summed E-state index contributed by atoms with van der Waals surface area (Å²) in [6.07, 6.45) is 2.20. The van der Waals surface area contributed by atoms with Gasteiger partial charge in [0.2, 0.25) is 5.91 Å². The Balaban J connectivity index is 1.90. The molecule has 21 heavy (non-hydrogen) atoms. The zero-order valence-electron chi connectivity index (χ0n) is 12.0. The molecule has 2 atom stereocenters. The van der Waals surface area contributed by atoms with E-state index in [1.165, 1.54) is 0 Å². The van der Waals surface area contributed by atoms with Crippen LogP contribution in [0, 0.1) is 16.7 Å². The predicted octanol–water partition coefficient (Wildman–Crippen LogP) is 4.33. The summed E-state index contributed by atoms with van der Waals surface area (Å²) in [7, 11) is 0.